The Bertz CT molecular complexity index is 2370. The average Bonchev–Trinajstić information content (AvgIpc) is 3.96. The Morgan fingerprint density at radius 1 is 0.710 bits per heavy atom. The molecule has 4 aromatic rings. The summed E-state index contributed by atoms with van der Waals surface area (Å²) >= 11 is 0. The molecule has 2 atom stereocenters. The van der Waals surface area contributed by atoms with Gasteiger partial charge in [-0.05, 0) is 123 Å². The van der Waals surface area contributed by atoms with Gasteiger partial charge in [0.1, 0.15) is 0 Å². The van der Waals surface area contributed by atoms with E-state index >= 15 is 0 Å². The van der Waals surface area contributed by atoms with Crippen LogP contribution in [-0.2, 0) is 22.4 Å². The molecule has 2 unspecified atom stereocenters. The van der Waals surface area contributed by atoms with E-state index in [9.17, 15) is 28.8 Å². The lowest BCUT2D eigenvalue weighted by atomic mass is 9.86. The van der Waals surface area contributed by atoms with Gasteiger partial charge in [0, 0.05) is 0 Å². The van der Waals surface area contributed by atoms with Crippen LogP contribution in [0.25, 0.3) is 0 Å². The molecule has 1 saturated carbocycles. The third-order valence-electron chi connectivity index (χ3n) is 11.8. The minimum absolute atomic E-state index is 0.100. The number of benzene rings is 4. The van der Waals surface area contributed by atoms with E-state index < -0.39 is 47.5 Å². The van der Waals surface area contributed by atoms with E-state index in [1.54, 1.807) is 79.3 Å². The molecule has 0 spiro atoms. The molecule has 2 aliphatic heterocycles. The largest absolute Gasteiger partial charge is 0.493 e. The summed E-state index contributed by atoms with van der Waals surface area (Å²) in [7, 11) is 3.07. The molecule has 6 amide bonds. The van der Waals surface area contributed by atoms with Gasteiger partial charge < -0.3 is 24.7 Å². The van der Waals surface area contributed by atoms with Crippen molar-refractivity contribution in [1.29, 1.82) is 0 Å². The van der Waals surface area contributed by atoms with Crippen molar-refractivity contribution in [3.05, 3.63) is 117 Å². The van der Waals surface area contributed by atoms with Crippen LogP contribution in [-0.4, -0.2) is 77.4 Å². The molecule has 0 radical (unpaired) electrons. The Morgan fingerprint density at radius 2 is 1.27 bits per heavy atom. The Balaban J connectivity index is 0.000000187. The van der Waals surface area contributed by atoms with Gasteiger partial charge in [-0.2, -0.15) is 0 Å². The van der Waals surface area contributed by atoms with Gasteiger partial charge in [0.05, 0.1) is 74.1 Å². The smallest absolute Gasteiger partial charge is 0.262 e. The lowest BCUT2D eigenvalue weighted by Crippen LogP contribution is -2.37. The highest BCUT2D eigenvalue weighted by atomic mass is 16.5. The fraction of sp³-hybridized carbons (Fsp3) is 0.362. The number of imide groups is 2. The summed E-state index contributed by atoms with van der Waals surface area (Å²) in [6.45, 7) is 2.22. The molecular weight excluding hydrogens is 797 g/mol. The first-order valence-corrected chi connectivity index (χ1v) is 20.9. The van der Waals surface area contributed by atoms with Crippen molar-refractivity contribution in [3.63, 3.8) is 0 Å². The van der Waals surface area contributed by atoms with Crippen LogP contribution in [0.5, 0.6) is 23.0 Å². The molecule has 324 valence electrons. The Kier molecular flexibility index (Phi) is 13.2. The predicted molar refractivity (Wildman–Crippen MR) is 224 cm³/mol. The zero-order valence-electron chi connectivity index (χ0n) is 34.9. The summed E-state index contributed by atoms with van der Waals surface area (Å²) in [5.74, 6) is -0.997. The number of carbonyl (C=O) groups excluding carboxylic acids is 6. The van der Waals surface area contributed by atoms with Crippen molar-refractivity contribution < 1.29 is 52.9 Å². The topological polar surface area (TPSA) is 204 Å². The van der Waals surface area contributed by atoms with Gasteiger partial charge in [-0.1, -0.05) is 30.3 Å². The number of nitrogens with one attached hydrogen (secondary N) is 1. The van der Waals surface area contributed by atoms with E-state index in [0.29, 0.717) is 63.0 Å². The maximum atomic E-state index is 13.6. The highest BCUT2D eigenvalue weighted by Crippen LogP contribution is 2.41. The molecule has 15 heteroatoms. The quantitative estimate of drug-likeness (QED) is 0.0716. The minimum Gasteiger partial charge on any atom is -0.493 e. The van der Waals surface area contributed by atoms with E-state index in [1.165, 1.54) is 7.11 Å². The second-order valence-electron chi connectivity index (χ2n) is 15.6. The van der Waals surface area contributed by atoms with E-state index in [-0.39, 0.29) is 18.9 Å². The molecule has 62 heavy (non-hydrogen) atoms. The van der Waals surface area contributed by atoms with E-state index in [4.69, 9.17) is 29.9 Å². The number of hydrogen-bond acceptors (Lipinski definition) is 11. The second kappa shape index (κ2) is 18.9. The standard InChI is InChI=1S/C24H26N2O6.C23H24N2O5/c1-3-32-20-12-15(9-11-19(20)31-2)18(13-21(27)25-30)26-23(28)17-10-8-14-6-4-5-7-16(14)22(17)24(26)29;1-29-19-11-10-14(12-20(19)30-15-6-2-3-7-15)18(13-21(24)26)25-22(27)16-8-4-5-9-17(16)23(25)28/h8-12,18,30H,3-7,13H2,1-2H3,(H,25,27);4-5,8-12,15,18H,2-3,6-7,13H2,1H3,(H2,24,26). The number of hydroxylamine groups is 1. The zero-order valence-corrected chi connectivity index (χ0v) is 34.9. The van der Waals surface area contributed by atoms with E-state index in [1.807, 2.05) is 13.0 Å². The van der Waals surface area contributed by atoms with Crippen molar-refractivity contribution in [1.82, 2.24) is 15.3 Å². The first-order chi connectivity index (χ1) is 30.0. The van der Waals surface area contributed by atoms with Crippen molar-refractivity contribution >= 4 is 35.4 Å². The first-order valence-electron chi connectivity index (χ1n) is 20.9. The number of hydrogen-bond donors (Lipinski definition) is 3. The number of methoxy groups -OCH3 is 2. The van der Waals surface area contributed by atoms with Gasteiger partial charge >= 0.3 is 0 Å². The van der Waals surface area contributed by atoms with Crippen LogP contribution in [0, 0.1) is 0 Å². The number of aryl methyl sites for hydroxylation is 1. The third-order valence-corrected chi connectivity index (χ3v) is 11.8. The maximum absolute atomic E-state index is 13.6. The molecule has 4 N–H and O–H groups in total. The summed E-state index contributed by atoms with van der Waals surface area (Å²) in [6, 6.07) is 18.8. The van der Waals surface area contributed by atoms with E-state index in [0.717, 1.165) is 72.3 Å². The Labute approximate surface area is 359 Å². The van der Waals surface area contributed by atoms with Crippen LogP contribution >= 0.6 is 0 Å². The molecule has 0 saturated heterocycles. The van der Waals surface area contributed by atoms with Gasteiger partial charge in [-0.25, -0.2) is 5.48 Å². The number of nitrogens with two attached hydrogens (primary N) is 1. The third kappa shape index (κ3) is 8.57. The van der Waals surface area contributed by atoms with Crippen LogP contribution < -0.4 is 30.2 Å². The van der Waals surface area contributed by atoms with Crippen LogP contribution in [0.3, 0.4) is 0 Å². The van der Waals surface area contributed by atoms with Crippen LogP contribution in [0.2, 0.25) is 0 Å². The van der Waals surface area contributed by atoms with Crippen LogP contribution in [0.1, 0.15) is 134 Å². The Hall–Kier alpha value is -6.74. The number of nitrogens with zero attached hydrogens (tertiary/aromatic N) is 2. The number of rotatable bonds is 14. The van der Waals surface area contributed by atoms with Gasteiger partial charge in [-0.15, -0.1) is 0 Å². The predicted octanol–water partition coefficient (Wildman–Crippen LogP) is 6.43. The van der Waals surface area contributed by atoms with Crippen LogP contribution in [0.4, 0.5) is 0 Å². The van der Waals surface area contributed by atoms with Gasteiger partial charge in [0.2, 0.25) is 11.8 Å². The highest BCUT2D eigenvalue weighted by molar-refractivity contribution is 6.23. The molecule has 2 heterocycles. The zero-order chi connectivity index (χ0) is 44.1. The molecule has 4 aromatic carbocycles. The number of primary amides is 1. The molecular formula is C47H50N4O11. The lowest BCUT2D eigenvalue weighted by molar-refractivity contribution is -0.130. The molecule has 0 aromatic heterocycles. The molecule has 15 nitrogen and oxygen atoms in total. The summed E-state index contributed by atoms with van der Waals surface area (Å²) in [4.78, 5) is 79.1. The second-order valence-corrected chi connectivity index (χ2v) is 15.6. The number of fused-ring (bicyclic) bond motifs is 4. The first kappa shape index (κ1) is 43.4. The minimum atomic E-state index is -0.918. The van der Waals surface area contributed by atoms with Crippen molar-refractivity contribution in [2.24, 2.45) is 5.73 Å². The average molecular weight is 847 g/mol. The van der Waals surface area contributed by atoms with Crippen LogP contribution in [0.15, 0.2) is 72.8 Å². The van der Waals surface area contributed by atoms with Gasteiger partial charge in [-0.3, -0.25) is 43.8 Å². The molecule has 1 fully saturated rings. The molecule has 8 rings (SSSR count). The fourth-order valence-electron chi connectivity index (χ4n) is 8.84. The summed E-state index contributed by atoms with van der Waals surface area (Å²) in [6.07, 6.45) is 7.47. The number of amides is 6. The lowest BCUT2D eigenvalue weighted by Gasteiger charge is -2.27. The fourth-order valence-corrected chi connectivity index (χ4v) is 8.84. The maximum Gasteiger partial charge on any atom is 0.262 e. The van der Waals surface area contributed by atoms with Gasteiger partial charge in [0.15, 0.2) is 23.0 Å². The SMILES string of the molecule is CCOc1cc(C(CC(=O)NO)N2C(=O)c3ccc4c(c3C2=O)CCCC4)ccc1OC.COc1ccc(C(CC(N)=O)N2C(=O)c3ccccc3C2=O)cc1OC1CCCC1. The normalized spacial score (nSPS) is 16.5. The number of carbonyl (C=O) groups is 6. The summed E-state index contributed by atoms with van der Waals surface area (Å²) in [5, 5.41) is 9.13. The summed E-state index contributed by atoms with van der Waals surface area (Å²) < 4.78 is 22.5. The Morgan fingerprint density at radius 3 is 1.87 bits per heavy atom. The highest BCUT2D eigenvalue weighted by Gasteiger charge is 2.44. The number of ether oxygens (including phenoxy) is 4. The van der Waals surface area contributed by atoms with E-state index in [2.05, 4.69) is 0 Å². The monoisotopic (exact) mass is 846 g/mol. The van der Waals surface area contributed by atoms with Crippen molar-refractivity contribution in [2.75, 3.05) is 20.8 Å². The molecule has 2 aliphatic carbocycles. The summed E-state index contributed by atoms with van der Waals surface area (Å²) in [5.41, 5.74) is 11.7. The van der Waals surface area contributed by atoms with Crippen molar-refractivity contribution in [3.8, 4) is 23.0 Å². The van der Waals surface area contributed by atoms with Gasteiger partial charge in [0.25, 0.3) is 23.6 Å². The van der Waals surface area contributed by atoms with Crippen molar-refractivity contribution in [2.45, 2.75) is 89.3 Å². The molecule has 4 aliphatic rings. The molecule has 0 bridgehead atoms.